The fourth-order valence-electron chi connectivity index (χ4n) is 6.81. The zero-order valence-electron chi connectivity index (χ0n) is 25.0. The topological polar surface area (TPSA) is 193 Å². The average molecular weight is 637 g/mol. The van der Waals surface area contributed by atoms with Crippen molar-refractivity contribution >= 4 is 0 Å². The van der Waals surface area contributed by atoms with Gasteiger partial charge in [0.05, 0.1) is 70.2 Å². The number of aliphatic hydroxyl groups is 5. The second-order valence-corrected chi connectivity index (χ2v) is 13.1. The summed E-state index contributed by atoms with van der Waals surface area (Å²) in [7, 11) is 0. The first-order chi connectivity index (χ1) is 21.2. The van der Waals surface area contributed by atoms with Crippen molar-refractivity contribution in [2.24, 2.45) is 11.8 Å². The molecule has 0 aromatic carbocycles. The van der Waals surface area contributed by atoms with Crippen LogP contribution in [0.15, 0.2) is 0 Å². The molecule has 6 fully saturated rings. The van der Waals surface area contributed by atoms with Gasteiger partial charge in [-0.15, -0.1) is 0 Å². The monoisotopic (exact) mass is 636 g/mol. The molecule has 0 aromatic heterocycles. The molecule has 0 radical (unpaired) electrons. The van der Waals surface area contributed by atoms with Crippen LogP contribution in [0.3, 0.4) is 0 Å². The van der Waals surface area contributed by atoms with Gasteiger partial charge in [0.2, 0.25) is 0 Å². The highest BCUT2D eigenvalue weighted by atomic mass is 16.8. The van der Waals surface area contributed by atoms with Gasteiger partial charge in [0, 0.05) is 31.6 Å². The SMILES string of the molecule is CC1CO[C@@H]2O[C@@H]3COC(OC4CO[C@H](O[C@@H]5COC(O[C@@H]6CO[C@H](O)[C@H](O)C6)C(O)C5)C(O)C4)C(C3)OCC(O)CC2C1. The van der Waals surface area contributed by atoms with E-state index in [1.807, 2.05) is 0 Å². The zero-order valence-corrected chi connectivity index (χ0v) is 25.0. The molecule has 15 nitrogen and oxygen atoms in total. The quantitative estimate of drug-likeness (QED) is 0.232. The van der Waals surface area contributed by atoms with Crippen LogP contribution in [0, 0.1) is 11.8 Å². The third-order valence-electron chi connectivity index (χ3n) is 9.08. The molecule has 6 saturated heterocycles. The van der Waals surface area contributed by atoms with Gasteiger partial charge in [0.15, 0.2) is 31.5 Å². The molecule has 2 bridgehead atoms. The Kier molecular flexibility index (Phi) is 11.4. The molecule has 5 N–H and O–H groups in total. The van der Waals surface area contributed by atoms with Gasteiger partial charge in [-0.3, -0.25) is 0 Å². The molecule has 6 aliphatic rings. The summed E-state index contributed by atoms with van der Waals surface area (Å²) in [5.41, 5.74) is 0. The Balaban J connectivity index is 0.941. The van der Waals surface area contributed by atoms with E-state index in [4.69, 9.17) is 47.4 Å². The Bertz CT molecular complexity index is 899. The summed E-state index contributed by atoms with van der Waals surface area (Å²) in [6.07, 6.45) is -7.70. The lowest BCUT2D eigenvalue weighted by Gasteiger charge is -2.44. The van der Waals surface area contributed by atoms with E-state index in [1.54, 1.807) is 0 Å². The molecule has 0 saturated carbocycles. The third kappa shape index (κ3) is 8.45. The molecule has 0 aliphatic carbocycles. The highest BCUT2D eigenvalue weighted by Gasteiger charge is 2.43. The molecular weight excluding hydrogens is 588 g/mol. The Morgan fingerprint density at radius 1 is 0.523 bits per heavy atom. The molecule has 6 aliphatic heterocycles. The van der Waals surface area contributed by atoms with E-state index in [0.29, 0.717) is 32.0 Å². The number of hydrogen-bond acceptors (Lipinski definition) is 15. The summed E-state index contributed by atoms with van der Waals surface area (Å²) in [4.78, 5) is 0. The summed E-state index contributed by atoms with van der Waals surface area (Å²) in [6.45, 7) is 3.54. The molecule has 254 valence electrons. The molecule has 9 unspecified atom stereocenters. The minimum absolute atomic E-state index is 0.0698. The van der Waals surface area contributed by atoms with Crippen LogP contribution >= 0.6 is 0 Å². The van der Waals surface area contributed by atoms with Gasteiger partial charge in [-0.1, -0.05) is 6.92 Å². The maximum Gasteiger partial charge on any atom is 0.184 e. The number of ether oxygens (including phenoxy) is 10. The average Bonchev–Trinajstić information content (AvgIpc) is 2.99. The van der Waals surface area contributed by atoms with Crippen molar-refractivity contribution < 1.29 is 72.9 Å². The van der Waals surface area contributed by atoms with Gasteiger partial charge < -0.3 is 72.9 Å². The van der Waals surface area contributed by atoms with Crippen molar-refractivity contribution in [3.05, 3.63) is 0 Å². The fourth-order valence-corrected chi connectivity index (χ4v) is 6.81. The predicted molar refractivity (Wildman–Crippen MR) is 145 cm³/mol. The van der Waals surface area contributed by atoms with Crippen LogP contribution in [0.25, 0.3) is 0 Å². The first-order valence-corrected chi connectivity index (χ1v) is 15.9. The molecular formula is C29H48O15. The Morgan fingerprint density at radius 3 is 1.75 bits per heavy atom. The van der Waals surface area contributed by atoms with Crippen LogP contribution in [-0.2, 0) is 47.4 Å². The van der Waals surface area contributed by atoms with Crippen LogP contribution < -0.4 is 0 Å². The van der Waals surface area contributed by atoms with E-state index in [2.05, 4.69) is 6.92 Å². The summed E-state index contributed by atoms with van der Waals surface area (Å²) in [6, 6.07) is 0. The van der Waals surface area contributed by atoms with Crippen molar-refractivity contribution in [2.45, 2.75) is 132 Å². The number of aliphatic hydroxyl groups excluding tert-OH is 5. The lowest BCUT2D eigenvalue weighted by molar-refractivity contribution is -0.329. The third-order valence-corrected chi connectivity index (χ3v) is 9.08. The van der Waals surface area contributed by atoms with E-state index in [-0.39, 0.29) is 64.0 Å². The fraction of sp³-hybridized carbons (Fsp3) is 1.00. The highest BCUT2D eigenvalue weighted by molar-refractivity contribution is 4.85. The minimum atomic E-state index is -1.25. The van der Waals surface area contributed by atoms with Crippen LogP contribution in [0.1, 0.15) is 45.4 Å². The standard InChI is InChI=1S/C29H48O15/c1-14-2-15-3-16(30)9-35-24-7-20(41-26(15)37-8-14)13-40-29(24)44-19-6-23(33)28(39-12-19)43-18-5-22(32)27(38-11-18)42-17-4-21(31)25(34)36-10-17/h14-34H,2-13H2,1H3/t14?,15?,16?,17-,18-,19?,20-,21+,22?,23?,24?,25-,26+,27?,28+,29?/m0/s1. The van der Waals surface area contributed by atoms with Gasteiger partial charge in [0.1, 0.15) is 24.4 Å². The van der Waals surface area contributed by atoms with Crippen LogP contribution in [-0.4, -0.2) is 152 Å². The summed E-state index contributed by atoms with van der Waals surface area (Å²) < 4.78 is 58.7. The molecule has 15 heteroatoms. The first kappa shape index (κ1) is 33.3. The van der Waals surface area contributed by atoms with Gasteiger partial charge in [-0.2, -0.15) is 0 Å². The number of hydrogen-bond donors (Lipinski definition) is 5. The summed E-state index contributed by atoms with van der Waals surface area (Å²) >= 11 is 0. The normalized spacial score (nSPS) is 50.9. The van der Waals surface area contributed by atoms with E-state index in [9.17, 15) is 25.5 Å². The second-order valence-electron chi connectivity index (χ2n) is 13.1. The van der Waals surface area contributed by atoms with Crippen molar-refractivity contribution in [3.8, 4) is 0 Å². The van der Waals surface area contributed by atoms with E-state index < -0.39 is 74.0 Å². The first-order valence-electron chi connectivity index (χ1n) is 15.9. The molecule has 0 aromatic rings. The number of fused-ring (bicyclic) bond motifs is 3. The van der Waals surface area contributed by atoms with E-state index in [1.165, 1.54) is 0 Å². The van der Waals surface area contributed by atoms with Crippen LogP contribution in [0.4, 0.5) is 0 Å². The van der Waals surface area contributed by atoms with Gasteiger partial charge >= 0.3 is 0 Å². The van der Waals surface area contributed by atoms with Crippen LogP contribution in [0.2, 0.25) is 0 Å². The zero-order chi connectivity index (χ0) is 30.8. The lowest BCUT2D eigenvalue weighted by atomic mass is 9.88. The predicted octanol–water partition coefficient (Wildman–Crippen LogP) is -1.26. The molecule has 0 spiro atoms. The molecule has 44 heavy (non-hydrogen) atoms. The summed E-state index contributed by atoms with van der Waals surface area (Å²) in [5, 5.41) is 51.3. The second kappa shape index (κ2) is 15.1. The van der Waals surface area contributed by atoms with Gasteiger partial charge in [0.25, 0.3) is 0 Å². The van der Waals surface area contributed by atoms with Crippen molar-refractivity contribution in [3.63, 3.8) is 0 Å². The largest absolute Gasteiger partial charge is 0.391 e. The van der Waals surface area contributed by atoms with Gasteiger partial charge in [-0.25, -0.2) is 0 Å². The van der Waals surface area contributed by atoms with Gasteiger partial charge in [-0.05, 0) is 18.8 Å². The number of rotatable bonds is 6. The maximum absolute atomic E-state index is 10.8. The molecule has 16 atom stereocenters. The Hall–Kier alpha value is -0.600. The summed E-state index contributed by atoms with van der Waals surface area (Å²) in [5.74, 6) is 0.506. The molecule has 6 rings (SSSR count). The molecule has 6 heterocycles. The van der Waals surface area contributed by atoms with E-state index in [0.717, 1.165) is 6.42 Å². The lowest BCUT2D eigenvalue weighted by Crippen LogP contribution is -2.53. The van der Waals surface area contributed by atoms with Crippen molar-refractivity contribution in [1.29, 1.82) is 0 Å². The Morgan fingerprint density at radius 2 is 1.11 bits per heavy atom. The van der Waals surface area contributed by atoms with Crippen LogP contribution in [0.5, 0.6) is 0 Å². The highest BCUT2D eigenvalue weighted by Crippen LogP contribution is 2.34. The van der Waals surface area contributed by atoms with Crippen molar-refractivity contribution in [2.75, 3.05) is 39.6 Å². The van der Waals surface area contributed by atoms with Crippen molar-refractivity contribution in [1.82, 2.24) is 0 Å². The Labute approximate surface area is 256 Å². The molecule has 0 amide bonds. The smallest absolute Gasteiger partial charge is 0.184 e. The maximum atomic E-state index is 10.8. The minimum Gasteiger partial charge on any atom is -0.391 e. The van der Waals surface area contributed by atoms with E-state index >= 15 is 0 Å².